The Labute approximate surface area is 95.0 Å². The van der Waals surface area contributed by atoms with E-state index >= 15 is 0 Å². The second-order valence-electron chi connectivity index (χ2n) is 3.55. The molecule has 1 heterocycles. The van der Waals surface area contributed by atoms with Crippen LogP contribution < -0.4 is 10.1 Å². The van der Waals surface area contributed by atoms with E-state index in [0.717, 1.165) is 11.3 Å². The standard InChI is InChI=1S/C13H15NO2/c1-14-13(11-7-8-16-9-11)10-3-5-12(15-2)6-4-10/h3-9,13-14H,1-2H3. The monoisotopic (exact) mass is 217 g/mol. The fourth-order valence-corrected chi connectivity index (χ4v) is 1.76. The van der Waals surface area contributed by atoms with E-state index in [2.05, 4.69) is 5.32 Å². The lowest BCUT2D eigenvalue weighted by atomic mass is 10.0. The minimum atomic E-state index is 0.157. The lowest BCUT2D eigenvalue weighted by Crippen LogP contribution is -2.16. The zero-order valence-electron chi connectivity index (χ0n) is 9.44. The van der Waals surface area contributed by atoms with Crippen molar-refractivity contribution in [3.8, 4) is 5.75 Å². The first kappa shape index (κ1) is 10.8. The van der Waals surface area contributed by atoms with Gasteiger partial charge in [0.2, 0.25) is 0 Å². The van der Waals surface area contributed by atoms with Crippen LogP contribution in [-0.2, 0) is 0 Å². The van der Waals surface area contributed by atoms with Gasteiger partial charge in [-0.1, -0.05) is 12.1 Å². The summed E-state index contributed by atoms with van der Waals surface area (Å²) in [6.07, 6.45) is 3.44. The number of rotatable bonds is 4. The Morgan fingerprint density at radius 3 is 2.38 bits per heavy atom. The first-order valence-corrected chi connectivity index (χ1v) is 5.18. The molecule has 0 aliphatic rings. The van der Waals surface area contributed by atoms with Gasteiger partial charge in [0.25, 0.3) is 0 Å². The molecular formula is C13H15NO2. The minimum absolute atomic E-state index is 0.157. The SMILES string of the molecule is CNC(c1ccc(OC)cc1)c1ccoc1. The third-order valence-corrected chi connectivity index (χ3v) is 2.61. The molecule has 2 aromatic rings. The summed E-state index contributed by atoms with van der Waals surface area (Å²) >= 11 is 0. The second kappa shape index (κ2) is 4.86. The molecule has 1 aromatic heterocycles. The molecule has 0 spiro atoms. The van der Waals surface area contributed by atoms with Gasteiger partial charge >= 0.3 is 0 Å². The summed E-state index contributed by atoms with van der Waals surface area (Å²) in [6.45, 7) is 0. The van der Waals surface area contributed by atoms with Gasteiger partial charge < -0.3 is 14.5 Å². The van der Waals surface area contributed by atoms with Crippen molar-refractivity contribution in [2.75, 3.05) is 14.2 Å². The molecule has 0 fully saturated rings. The maximum Gasteiger partial charge on any atom is 0.118 e. The van der Waals surface area contributed by atoms with E-state index in [0.29, 0.717) is 0 Å². The molecule has 1 atom stereocenters. The van der Waals surface area contributed by atoms with Crippen LogP contribution in [0.2, 0.25) is 0 Å². The summed E-state index contributed by atoms with van der Waals surface area (Å²) < 4.78 is 10.2. The van der Waals surface area contributed by atoms with Gasteiger partial charge in [0, 0.05) is 5.56 Å². The maximum absolute atomic E-state index is 5.13. The summed E-state index contributed by atoms with van der Waals surface area (Å²) in [4.78, 5) is 0. The van der Waals surface area contributed by atoms with Crippen molar-refractivity contribution in [2.45, 2.75) is 6.04 Å². The summed E-state index contributed by atoms with van der Waals surface area (Å²) in [5, 5.41) is 3.26. The van der Waals surface area contributed by atoms with Crippen LogP contribution in [0.15, 0.2) is 47.3 Å². The average Bonchev–Trinajstić information content (AvgIpc) is 2.85. The van der Waals surface area contributed by atoms with Crippen LogP contribution in [0.25, 0.3) is 0 Å². The fourth-order valence-electron chi connectivity index (χ4n) is 1.76. The lowest BCUT2D eigenvalue weighted by molar-refractivity contribution is 0.414. The Balaban J connectivity index is 2.27. The van der Waals surface area contributed by atoms with Crippen molar-refractivity contribution in [3.63, 3.8) is 0 Å². The van der Waals surface area contributed by atoms with Crippen molar-refractivity contribution in [1.29, 1.82) is 0 Å². The van der Waals surface area contributed by atoms with Crippen LogP contribution in [0.5, 0.6) is 5.75 Å². The van der Waals surface area contributed by atoms with Gasteiger partial charge in [0.05, 0.1) is 25.7 Å². The summed E-state index contributed by atoms with van der Waals surface area (Å²) in [5.74, 6) is 0.866. The van der Waals surface area contributed by atoms with Gasteiger partial charge in [0.15, 0.2) is 0 Å². The number of hydrogen-bond donors (Lipinski definition) is 1. The summed E-state index contributed by atoms with van der Waals surface area (Å²) in [6, 6.07) is 10.1. The molecule has 84 valence electrons. The molecule has 0 saturated heterocycles. The van der Waals surface area contributed by atoms with Crippen LogP contribution in [0, 0.1) is 0 Å². The minimum Gasteiger partial charge on any atom is -0.497 e. The van der Waals surface area contributed by atoms with E-state index in [9.17, 15) is 0 Å². The highest BCUT2D eigenvalue weighted by Gasteiger charge is 2.12. The predicted molar refractivity (Wildman–Crippen MR) is 62.6 cm³/mol. The van der Waals surface area contributed by atoms with Crippen molar-refractivity contribution in [1.82, 2.24) is 5.32 Å². The van der Waals surface area contributed by atoms with Gasteiger partial charge in [-0.2, -0.15) is 0 Å². The molecule has 0 aliphatic heterocycles. The van der Waals surface area contributed by atoms with E-state index in [1.807, 2.05) is 37.4 Å². The molecule has 0 saturated carbocycles. The molecule has 3 heteroatoms. The van der Waals surface area contributed by atoms with Gasteiger partial charge in [-0.15, -0.1) is 0 Å². The molecular weight excluding hydrogens is 202 g/mol. The van der Waals surface area contributed by atoms with Gasteiger partial charge in [-0.05, 0) is 30.8 Å². The fraction of sp³-hybridized carbons (Fsp3) is 0.231. The first-order chi connectivity index (χ1) is 7.85. The number of hydrogen-bond acceptors (Lipinski definition) is 3. The van der Waals surface area contributed by atoms with E-state index in [1.54, 1.807) is 19.6 Å². The number of nitrogens with one attached hydrogen (secondary N) is 1. The van der Waals surface area contributed by atoms with E-state index in [1.165, 1.54) is 5.56 Å². The zero-order chi connectivity index (χ0) is 11.4. The largest absolute Gasteiger partial charge is 0.497 e. The highest BCUT2D eigenvalue weighted by atomic mass is 16.5. The molecule has 1 aromatic carbocycles. The molecule has 3 nitrogen and oxygen atoms in total. The summed E-state index contributed by atoms with van der Waals surface area (Å²) in [5.41, 5.74) is 2.30. The van der Waals surface area contributed by atoms with Crippen molar-refractivity contribution in [3.05, 3.63) is 54.0 Å². The smallest absolute Gasteiger partial charge is 0.118 e. The number of furan rings is 1. The Bertz CT molecular complexity index is 420. The van der Waals surface area contributed by atoms with Crippen molar-refractivity contribution in [2.24, 2.45) is 0 Å². The Morgan fingerprint density at radius 2 is 1.88 bits per heavy atom. The van der Waals surface area contributed by atoms with Gasteiger partial charge in [-0.25, -0.2) is 0 Å². The van der Waals surface area contributed by atoms with E-state index in [4.69, 9.17) is 9.15 Å². The van der Waals surface area contributed by atoms with Crippen LogP contribution in [0.1, 0.15) is 17.2 Å². The van der Waals surface area contributed by atoms with E-state index in [-0.39, 0.29) is 6.04 Å². The number of benzene rings is 1. The molecule has 1 unspecified atom stereocenters. The molecule has 0 amide bonds. The predicted octanol–water partition coefficient (Wildman–Crippen LogP) is 2.60. The maximum atomic E-state index is 5.13. The Kier molecular flexibility index (Phi) is 3.27. The molecule has 0 bridgehead atoms. The van der Waals surface area contributed by atoms with Crippen LogP contribution in [0.3, 0.4) is 0 Å². The second-order valence-corrected chi connectivity index (χ2v) is 3.55. The summed E-state index contributed by atoms with van der Waals surface area (Å²) in [7, 11) is 3.60. The zero-order valence-corrected chi connectivity index (χ0v) is 9.44. The number of ether oxygens (including phenoxy) is 1. The number of methoxy groups -OCH3 is 1. The van der Waals surface area contributed by atoms with Gasteiger partial charge in [-0.3, -0.25) is 0 Å². The highest BCUT2D eigenvalue weighted by Crippen LogP contribution is 2.23. The Morgan fingerprint density at radius 1 is 1.12 bits per heavy atom. The first-order valence-electron chi connectivity index (χ1n) is 5.18. The van der Waals surface area contributed by atoms with Crippen LogP contribution >= 0.6 is 0 Å². The van der Waals surface area contributed by atoms with Gasteiger partial charge in [0.1, 0.15) is 5.75 Å². The average molecular weight is 217 g/mol. The third kappa shape index (κ3) is 2.09. The molecule has 16 heavy (non-hydrogen) atoms. The quantitative estimate of drug-likeness (QED) is 0.854. The van der Waals surface area contributed by atoms with E-state index < -0.39 is 0 Å². The molecule has 1 N–H and O–H groups in total. The van der Waals surface area contributed by atoms with Crippen molar-refractivity contribution >= 4 is 0 Å². The molecule has 2 rings (SSSR count). The molecule has 0 aliphatic carbocycles. The lowest BCUT2D eigenvalue weighted by Gasteiger charge is -2.15. The van der Waals surface area contributed by atoms with Crippen LogP contribution in [-0.4, -0.2) is 14.2 Å². The molecule has 0 radical (unpaired) electrons. The highest BCUT2D eigenvalue weighted by molar-refractivity contribution is 5.34. The van der Waals surface area contributed by atoms with Crippen LogP contribution in [0.4, 0.5) is 0 Å². The normalized spacial score (nSPS) is 12.4. The third-order valence-electron chi connectivity index (χ3n) is 2.61. The van der Waals surface area contributed by atoms with Crippen molar-refractivity contribution < 1.29 is 9.15 Å². The topological polar surface area (TPSA) is 34.4 Å². The Hall–Kier alpha value is -1.74.